The quantitative estimate of drug-likeness (QED) is 0.321. The zero-order valence-corrected chi connectivity index (χ0v) is 15.1. The number of nitrogens with zero attached hydrogens (tertiary/aromatic N) is 1. The van der Waals surface area contributed by atoms with Gasteiger partial charge in [-0.05, 0) is 60.0 Å². The lowest BCUT2D eigenvalue weighted by molar-refractivity contribution is 0.642. The molecule has 0 fully saturated rings. The van der Waals surface area contributed by atoms with Crippen molar-refractivity contribution >= 4 is 32.6 Å². The monoisotopic (exact) mass is 335 g/mol. The van der Waals surface area contributed by atoms with E-state index >= 15 is 0 Å². The summed E-state index contributed by atoms with van der Waals surface area (Å²) in [5.74, 6) is 0. The number of benzene rings is 4. The maximum atomic E-state index is 2.44. The Kier molecular flexibility index (Phi) is 3.36. The van der Waals surface area contributed by atoms with Crippen molar-refractivity contribution in [1.29, 1.82) is 0 Å². The second kappa shape index (κ2) is 5.74. The van der Waals surface area contributed by atoms with E-state index < -0.39 is 0 Å². The molecule has 1 heteroatoms. The molecule has 0 saturated heterocycles. The van der Waals surface area contributed by atoms with E-state index in [1.54, 1.807) is 0 Å². The standard InChI is InChI=1S/C25H21N/c1-17(2)26-24-10-6-5-9-22(24)23-16-21(13-14-25(23)26)20-12-11-18-7-3-4-8-19(18)15-20/h3-17H,1-2H3. The Morgan fingerprint density at radius 1 is 0.577 bits per heavy atom. The van der Waals surface area contributed by atoms with E-state index in [-0.39, 0.29) is 0 Å². The predicted molar refractivity (Wildman–Crippen MR) is 113 cm³/mol. The number of aromatic nitrogens is 1. The molecule has 0 saturated carbocycles. The zero-order chi connectivity index (χ0) is 17.7. The van der Waals surface area contributed by atoms with Gasteiger partial charge in [0.25, 0.3) is 0 Å². The van der Waals surface area contributed by atoms with Crippen LogP contribution in [-0.4, -0.2) is 4.57 Å². The summed E-state index contributed by atoms with van der Waals surface area (Å²) < 4.78 is 2.44. The summed E-state index contributed by atoms with van der Waals surface area (Å²) in [6.07, 6.45) is 0. The van der Waals surface area contributed by atoms with Gasteiger partial charge in [0, 0.05) is 27.8 Å². The molecular formula is C25H21N. The van der Waals surface area contributed by atoms with E-state index in [1.807, 2.05) is 0 Å². The Hall–Kier alpha value is -3.06. The zero-order valence-electron chi connectivity index (χ0n) is 15.1. The topological polar surface area (TPSA) is 4.93 Å². The minimum atomic E-state index is 0.434. The first-order valence-electron chi connectivity index (χ1n) is 9.24. The van der Waals surface area contributed by atoms with Gasteiger partial charge < -0.3 is 4.57 Å². The lowest BCUT2D eigenvalue weighted by Gasteiger charge is -2.11. The third kappa shape index (κ3) is 2.24. The maximum absolute atomic E-state index is 2.44. The van der Waals surface area contributed by atoms with Gasteiger partial charge in [-0.25, -0.2) is 0 Å². The highest BCUT2D eigenvalue weighted by Gasteiger charge is 2.13. The van der Waals surface area contributed by atoms with Gasteiger partial charge >= 0.3 is 0 Å². The van der Waals surface area contributed by atoms with Crippen LogP contribution in [0.5, 0.6) is 0 Å². The summed E-state index contributed by atoms with van der Waals surface area (Å²) in [5.41, 5.74) is 5.17. The minimum Gasteiger partial charge on any atom is -0.338 e. The van der Waals surface area contributed by atoms with Crippen LogP contribution in [0.2, 0.25) is 0 Å². The van der Waals surface area contributed by atoms with Crippen molar-refractivity contribution in [2.45, 2.75) is 19.9 Å². The first-order valence-corrected chi connectivity index (χ1v) is 9.24. The van der Waals surface area contributed by atoms with Crippen molar-refractivity contribution in [3.05, 3.63) is 84.9 Å². The van der Waals surface area contributed by atoms with Crippen LogP contribution in [0.15, 0.2) is 84.9 Å². The normalized spacial score (nSPS) is 11.8. The van der Waals surface area contributed by atoms with Crippen LogP contribution in [0, 0.1) is 0 Å². The smallest absolute Gasteiger partial charge is 0.0494 e. The highest BCUT2D eigenvalue weighted by molar-refractivity contribution is 6.09. The summed E-state index contributed by atoms with van der Waals surface area (Å²) in [6, 6.07) is 31.3. The molecule has 1 aromatic heterocycles. The molecule has 5 rings (SSSR count). The molecule has 0 aliphatic rings. The van der Waals surface area contributed by atoms with Crippen LogP contribution < -0.4 is 0 Å². The molecule has 0 radical (unpaired) electrons. The van der Waals surface area contributed by atoms with Crippen LogP contribution in [0.4, 0.5) is 0 Å². The minimum absolute atomic E-state index is 0.434. The number of fused-ring (bicyclic) bond motifs is 4. The van der Waals surface area contributed by atoms with Gasteiger partial charge in [0.2, 0.25) is 0 Å². The Balaban J connectivity index is 1.78. The number of para-hydroxylation sites is 1. The molecule has 0 N–H and O–H groups in total. The van der Waals surface area contributed by atoms with E-state index in [4.69, 9.17) is 0 Å². The van der Waals surface area contributed by atoms with Crippen molar-refractivity contribution in [1.82, 2.24) is 4.57 Å². The summed E-state index contributed by atoms with van der Waals surface area (Å²) >= 11 is 0. The molecule has 0 bridgehead atoms. The van der Waals surface area contributed by atoms with E-state index in [9.17, 15) is 0 Å². The fourth-order valence-electron chi connectivity index (χ4n) is 4.11. The van der Waals surface area contributed by atoms with E-state index in [0.717, 1.165) is 0 Å². The van der Waals surface area contributed by atoms with Crippen LogP contribution in [0.25, 0.3) is 43.7 Å². The largest absolute Gasteiger partial charge is 0.338 e. The van der Waals surface area contributed by atoms with Gasteiger partial charge in [-0.2, -0.15) is 0 Å². The molecule has 0 aliphatic carbocycles. The predicted octanol–water partition coefficient (Wildman–Crippen LogP) is 7.20. The van der Waals surface area contributed by atoms with Crippen molar-refractivity contribution < 1.29 is 0 Å². The molecule has 4 aromatic carbocycles. The maximum Gasteiger partial charge on any atom is 0.0494 e. The first-order chi connectivity index (χ1) is 12.7. The molecule has 5 aromatic rings. The number of hydrogen-bond donors (Lipinski definition) is 0. The number of hydrogen-bond acceptors (Lipinski definition) is 0. The van der Waals surface area contributed by atoms with E-state index in [2.05, 4.69) is 103 Å². The lowest BCUT2D eigenvalue weighted by Crippen LogP contribution is -1.99. The Morgan fingerprint density at radius 3 is 2.08 bits per heavy atom. The molecule has 1 heterocycles. The van der Waals surface area contributed by atoms with Gasteiger partial charge in [0.15, 0.2) is 0 Å². The Labute approximate surface area is 153 Å². The van der Waals surface area contributed by atoms with Crippen LogP contribution in [-0.2, 0) is 0 Å². The molecule has 0 atom stereocenters. The molecular weight excluding hydrogens is 314 g/mol. The first kappa shape index (κ1) is 15.2. The highest BCUT2D eigenvalue weighted by Crippen LogP contribution is 2.35. The second-order valence-corrected chi connectivity index (χ2v) is 7.27. The van der Waals surface area contributed by atoms with Gasteiger partial charge in [0.05, 0.1) is 0 Å². The summed E-state index contributed by atoms with van der Waals surface area (Å²) in [4.78, 5) is 0. The average molecular weight is 335 g/mol. The Morgan fingerprint density at radius 2 is 1.23 bits per heavy atom. The molecule has 126 valence electrons. The molecule has 0 unspecified atom stereocenters. The van der Waals surface area contributed by atoms with Crippen molar-refractivity contribution in [2.24, 2.45) is 0 Å². The van der Waals surface area contributed by atoms with Crippen molar-refractivity contribution in [3.8, 4) is 11.1 Å². The van der Waals surface area contributed by atoms with E-state index in [1.165, 1.54) is 43.7 Å². The number of rotatable bonds is 2. The third-order valence-electron chi connectivity index (χ3n) is 5.31. The molecule has 0 aliphatic heterocycles. The lowest BCUT2D eigenvalue weighted by atomic mass is 9.99. The van der Waals surface area contributed by atoms with Gasteiger partial charge in [-0.15, -0.1) is 0 Å². The van der Waals surface area contributed by atoms with Gasteiger partial charge in [-0.3, -0.25) is 0 Å². The fourth-order valence-corrected chi connectivity index (χ4v) is 4.11. The van der Waals surface area contributed by atoms with Crippen molar-refractivity contribution in [3.63, 3.8) is 0 Å². The molecule has 26 heavy (non-hydrogen) atoms. The van der Waals surface area contributed by atoms with Crippen LogP contribution in [0.1, 0.15) is 19.9 Å². The summed E-state index contributed by atoms with van der Waals surface area (Å²) in [5, 5.41) is 5.24. The third-order valence-corrected chi connectivity index (χ3v) is 5.31. The highest BCUT2D eigenvalue weighted by atomic mass is 15.0. The summed E-state index contributed by atoms with van der Waals surface area (Å²) in [6.45, 7) is 4.51. The van der Waals surface area contributed by atoms with Gasteiger partial charge in [-0.1, -0.05) is 60.7 Å². The molecule has 0 amide bonds. The molecule has 1 nitrogen and oxygen atoms in total. The Bertz CT molecular complexity index is 1260. The SMILES string of the molecule is CC(C)n1c2ccccc2c2cc(-c3ccc4ccccc4c3)ccc21. The average Bonchev–Trinajstić information content (AvgIpc) is 3.01. The second-order valence-electron chi connectivity index (χ2n) is 7.27. The van der Waals surface area contributed by atoms with Crippen molar-refractivity contribution in [2.75, 3.05) is 0 Å². The van der Waals surface area contributed by atoms with Crippen LogP contribution >= 0.6 is 0 Å². The van der Waals surface area contributed by atoms with E-state index in [0.29, 0.717) is 6.04 Å². The summed E-state index contributed by atoms with van der Waals surface area (Å²) in [7, 11) is 0. The molecule has 0 spiro atoms. The fraction of sp³-hybridized carbons (Fsp3) is 0.120. The van der Waals surface area contributed by atoms with Gasteiger partial charge in [0.1, 0.15) is 0 Å². The van der Waals surface area contributed by atoms with Crippen LogP contribution in [0.3, 0.4) is 0 Å².